The van der Waals surface area contributed by atoms with E-state index >= 15 is 0 Å². The number of carbonyl (C=O) groups excluding carboxylic acids is 1. The third-order valence-corrected chi connectivity index (χ3v) is 6.15. The second-order valence-electron chi connectivity index (χ2n) is 8.15. The Kier molecular flexibility index (Phi) is 5.60. The van der Waals surface area contributed by atoms with Crippen molar-refractivity contribution in [3.05, 3.63) is 59.2 Å². The van der Waals surface area contributed by atoms with Crippen LogP contribution in [0.3, 0.4) is 0 Å². The Balaban J connectivity index is 1.33. The van der Waals surface area contributed by atoms with Crippen molar-refractivity contribution in [2.45, 2.75) is 25.4 Å². The summed E-state index contributed by atoms with van der Waals surface area (Å²) in [7, 11) is 0. The average molecular weight is 408 g/mol. The summed E-state index contributed by atoms with van der Waals surface area (Å²) in [6.45, 7) is 6.24. The fourth-order valence-electron chi connectivity index (χ4n) is 4.61. The predicted octanol–water partition coefficient (Wildman–Crippen LogP) is 3.27. The minimum Gasteiger partial charge on any atom is -0.486 e. The minimum absolute atomic E-state index is 0.0798. The van der Waals surface area contributed by atoms with Crippen molar-refractivity contribution in [1.82, 2.24) is 9.80 Å². The van der Waals surface area contributed by atoms with Crippen molar-refractivity contribution in [3.63, 3.8) is 0 Å². The smallest absolute Gasteiger partial charge is 0.254 e. The molecule has 3 aliphatic rings. The van der Waals surface area contributed by atoms with E-state index in [9.17, 15) is 4.79 Å². The Hall–Kier alpha value is -2.57. The number of hydrogen-bond donors (Lipinski definition) is 0. The molecule has 3 heterocycles. The van der Waals surface area contributed by atoms with E-state index in [1.807, 2.05) is 29.2 Å². The first kappa shape index (κ1) is 19.4. The summed E-state index contributed by atoms with van der Waals surface area (Å²) < 4.78 is 16.8. The highest BCUT2D eigenvalue weighted by atomic mass is 16.6. The highest BCUT2D eigenvalue weighted by Crippen LogP contribution is 2.38. The van der Waals surface area contributed by atoms with Gasteiger partial charge in [-0.15, -0.1) is 0 Å². The number of nitrogens with zero attached hydrogens (tertiary/aromatic N) is 2. The molecule has 2 aromatic carbocycles. The quantitative estimate of drug-likeness (QED) is 0.777. The molecule has 1 amide bonds. The van der Waals surface area contributed by atoms with Crippen molar-refractivity contribution in [1.29, 1.82) is 0 Å². The molecule has 2 aromatic rings. The van der Waals surface area contributed by atoms with Gasteiger partial charge in [-0.05, 0) is 48.2 Å². The summed E-state index contributed by atoms with van der Waals surface area (Å²) in [6.07, 6.45) is 1.98. The molecule has 0 saturated carbocycles. The van der Waals surface area contributed by atoms with E-state index in [4.69, 9.17) is 14.2 Å². The van der Waals surface area contributed by atoms with Crippen LogP contribution in [0, 0.1) is 0 Å². The Labute approximate surface area is 177 Å². The standard InChI is InChI=1S/C24H28N2O4/c27-24(20-4-1-3-18(15-20)17-25-9-11-28-12-10-25)26-8-2-5-21(26)19-6-7-22-23(16-19)30-14-13-29-22/h1,3-4,6-7,15-16,21H,2,5,8-14,17H2. The van der Waals surface area contributed by atoms with Gasteiger partial charge in [0.25, 0.3) is 5.91 Å². The van der Waals surface area contributed by atoms with Crippen LogP contribution in [0.25, 0.3) is 0 Å². The summed E-state index contributed by atoms with van der Waals surface area (Å²) in [4.78, 5) is 17.8. The van der Waals surface area contributed by atoms with Crippen LogP contribution in [0.5, 0.6) is 11.5 Å². The molecular weight excluding hydrogens is 380 g/mol. The maximum atomic E-state index is 13.4. The van der Waals surface area contributed by atoms with Crippen LogP contribution in [0.1, 0.15) is 40.4 Å². The fraction of sp³-hybridized carbons (Fsp3) is 0.458. The SMILES string of the molecule is O=C(c1cccc(CN2CCOCC2)c1)N1CCCC1c1ccc2c(c1)OCCO2. The van der Waals surface area contributed by atoms with Gasteiger partial charge in [0.05, 0.1) is 19.3 Å². The number of likely N-dealkylation sites (tertiary alicyclic amines) is 1. The first-order valence-corrected chi connectivity index (χ1v) is 10.9. The van der Waals surface area contributed by atoms with E-state index in [-0.39, 0.29) is 11.9 Å². The molecule has 1 unspecified atom stereocenters. The number of hydrogen-bond acceptors (Lipinski definition) is 5. The molecule has 2 saturated heterocycles. The Bertz CT molecular complexity index is 910. The Morgan fingerprint density at radius 2 is 1.77 bits per heavy atom. The molecule has 0 radical (unpaired) electrons. The molecule has 0 spiro atoms. The maximum Gasteiger partial charge on any atom is 0.254 e. The summed E-state index contributed by atoms with van der Waals surface area (Å²) in [5, 5.41) is 0. The molecule has 6 nitrogen and oxygen atoms in total. The zero-order valence-electron chi connectivity index (χ0n) is 17.2. The van der Waals surface area contributed by atoms with Gasteiger partial charge < -0.3 is 19.1 Å². The molecule has 2 fully saturated rings. The number of ether oxygens (including phenoxy) is 3. The van der Waals surface area contributed by atoms with Gasteiger partial charge in [0, 0.05) is 31.7 Å². The van der Waals surface area contributed by atoms with Gasteiger partial charge in [0.2, 0.25) is 0 Å². The number of amides is 1. The third-order valence-electron chi connectivity index (χ3n) is 6.15. The molecule has 5 rings (SSSR count). The van der Waals surface area contributed by atoms with Crippen LogP contribution in [-0.2, 0) is 11.3 Å². The predicted molar refractivity (Wildman–Crippen MR) is 113 cm³/mol. The van der Waals surface area contributed by atoms with E-state index < -0.39 is 0 Å². The van der Waals surface area contributed by atoms with Crippen LogP contribution in [0.2, 0.25) is 0 Å². The highest BCUT2D eigenvalue weighted by molar-refractivity contribution is 5.94. The molecule has 0 aliphatic carbocycles. The zero-order valence-corrected chi connectivity index (χ0v) is 17.2. The van der Waals surface area contributed by atoms with Gasteiger partial charge in [-0.2, -0.15) is 0 Å². The van der Waals surface area contributed by atoms with E-state index in [0.29, 0.717) is 13.2 Å². The third kappa shape index (κ3) is 4.02. The fourth-order valence-corrected chi connectivity index (χ4v) is 4.61. The van der Waals surface area contributed by atoms with Crippen molar-refractivity contribution < 1.29 is 19.0 Å². The number of benzene rings is 2. The van der Waals surface area contributed by atoms with Crippen LogP contribution < -0.4 is 9.47 Å². The average Bonchev–Trinajstić information content (AvgIpc) is 3.29. The number of morpholine rings is 1. The molecule has 0 aromatic heterocycles. The van der Waals surface area contributed by atoms with Gasteiger partial charge in [-0.3, -0.25) is 9.69 Å². The number of carbonyl (C=O) groups is 1. The first-order valence-electron chi connectivity index (χ1n) is 10.9. The molecule has 1 atom stereocenters. The second kappa shape index (κ2) is 8.66. The van der Waals surface area contributed by atoms with Crippen molar-refractivity contribution in [3.8, 4) is 11.5 Å². The van der Waals surface area contributed by atoms with Crippen LogP contribution >= 0.6 is 0 Å². The van der Waals surface area contributed by atoms with E-state index in [2.05, 4.69) is 23.1 Å². The lowest BCUT2D eigenvalue weighted by atomic mass is 10.0. The van der Waals surface area contributed by atoms with Crippen LogP contribution in [-0.4, -0.2) is 61.8 Å². The monoisotopic (exact) mass is 408 g/mol. The summed E-state index contributed by atoms with van der Waals surface area (Å²) in [5.41, 5.74) is 3.07. The lowest BCUT2D eigenvalue weighted by Crippen LogP contribution is -2.35. The lowest BCUT2D eigenvalue weighted by molar-refractivity contribution is 0.0341. The van der Waals surface area contributed by atoms with Gasteiger partial charge in [0.15, 0.2) is 11.5 Å². The molecule has 158 valence electrons. The molecule has 0 N–H and O–H groups in total. The summed E-state index contributed by atoms with van der Waals surface area (Å²) in [5.74, 6) is 1.68. The summed E-state index contributed by atoms with van der Waals surface area (Å²) in [6, 6.07) is 14.2. The number of fused-ring (bicyclic) bond motifs is 1. The number of rotatable bonds is 4. The molecule has 30 heavy (non-hydrogen) atoms. The molecule has 3 aliphatic heterocycles. The van der Waals surface area contributed by atoms with Gasteiger partial charge in [-0.1, -0.05) is 18.2 Å². The van der Waals surface area contributed by atoms with Crippen molar-refractivity contribution in [2.75, 3.05) is 46.1 Å². The first-order chi connectivity index (χ1) is 14.8. The second-order valence-corrected chi connectivity index (χ2v) is 8.15. The topological polar surface area (TPSA) is 51.2 Å². The van der Waals surface area contributed by atoms with Crippen LogP contribution in [0.15, 0.2) is 42.5 Å². The zero-order chi connectivity index (χ0) is 20.3. The largest absolute Gasteiger partial charge is 0.486 e. The Morgan fingerprint density at radius 3 is 2.63 bits per heavy atom. The van der Waals surface area contributed by atoms with Crippen LogP contribution in [0.4, 0.5) is 0 Å². The molecule has 0 bridgehead atoms. The Morgan fingerprint density at radius 1 is 0.933 bits per heavy atom. The van der Waals surface area contributed by atoms with E-state index in [1.165, 1.54) is 5.56 Å². The summed E-state index contributed by atoms with van der Waals surface area (Å²) >= 11 is 0. The minimum atomic E-state index is 0.0798. The van der Waals surface area contributed by atoms with Gasteiger partial charge >= 0.3 is 0 Å². The van der Waals surface area contributed by atoms with E-state index in [1.54, 1.807) is 0 Å². The van der Waals surface area contributed by atoms with Crippen molar-refractivity contribution >= 4 is 5.91 Å². The lowest BCUT2D eigenvalue weighted by Gasteiger charge is -2.28. The van der Waals surface area contributed by atoms with Gasteiger partial charge in [0.1, 0.15) is 13.2 Å². The van der Waals surface area contributed by atoms with Crippen molar-refractivity contribution in [2.24, 2.45) is 0 Å². The highest BCUT2D eigenvalue weighted by Gasteiger charge is 2.31. The van der Waals surface area contributed by atoms with Gasteiger partial charge in [-0.25, -0.2) is 0 Å². The van der Waals surface area contributed by atoms with E-state index in [0.717, 1.165) is 74.9 Å². The maximum absolute atomic E-state index is 13.4. The molecular formula is C24H28N2O4. The molecule has 6 heteroatoms. The normalized spacial score (nSPS) is 21.6.